The summed E-state index contributed by atoms with van der Waals surface area (Å²) in [7, 11) is 0. The van der Waals surface area contributed by atoms with E-state index in [1.54, 1.807) is 24.3 Å². The molecule has 0 heterocycles. The summed E-state index contributed by atoms with van der Waals surface area (Å²) in [6, 6.07) is 8.96. The summed E-state index contributed by atoms with van der Waals surface area (Å²) in [6.07, 6.45) is 0.409. The van der Waals surface area contributed by atoms with Crippen molar-refractivity contribution in [3.05, 3.63) is 35.9 Å². The average Bonchev–Trinajstić information content (AvgIpc) is 3.00. The van der Waals surface area contributed by atoms with Crippen molar-refractivity contribution >= 4 is 17.6 Å². The van der Waals surface area contributed by atoms with Gasteiger partial charge in [0.1, 0.15) is 11.5 Å². The lowest BCUT2D eigenvalue weighted by molar-refractivity contribution is -0.141. The summed E-state index contributed by atoms with van der Waals surface area (Å²) in [5.41, 5.74) is -0.671. The van der Waals surface area contributed by atoms with E-state index in [2.05, 4.69) is 0 Å². The van der Waals surface area contributed by atoms with Gasteiger partial charge in [-0.15, -0.1) is 11.6 Å². The molecule has 1 aliphatic rings. The molecule has 0 radical (unpaired) electrons. The second-order valence-electron chi connectivity index (χ2n) is 3.95. The fourth-order valence-electron chi connectivity index (χ4n) is 1.79. The van der Waals surface area contributed by atoms with Crippen molar-refractivity contribution in [3.63, 3.8) is 0 Å². The van der Waals surface area contributed by atoms with Crippen molar-refractivity contribution in [1.82, 2.24) is 0 Å². The number of rotatable bonds is 4. The fraction of sp³-hybridized carbons (Fsp3) is 0.417. The lowest BCUT2D eigenvalue weighted by atomic mass is 10.1. The molecule has 16 heavy (non-hydrogen) atoms. The Bertz CT molecular complexity index is 382. The molecule has 86 valence electrons. The molecule has 0 amide bonds. The van der Waals surface area contributed by atoms with Gasteiger partial charge in [0.25, 0.3) is 0 Å². The van der Waals surface area contributed by atoms with E-state index in [4.69, 9.17) is 16.3 Å². The van der Waals surface area contributed by atoms with Crippen molar-refractivity contribution in [1.29, 1.82) is 0 Å². The number of carbonyl (C=O) groups excluding carboxylic acids is 1. The smallest absolute Gasteiger partial charge is 0.320 e. The van der Waals surface area contributed by atoms with E-state index in [9.17, 15) is 9.18 Å². The molecule has 1 aromatic rings. The Morgan fingerprint density at radius 3 is 2.81 bits per heavy atom. The van der Waals surface area contributed by atoms with Crippen molar-refractivity contribution < 1.29 is 13.9 Å². The molecule has 0 unspecified atom stereocenters. The van der Waals surface area contributed by atoms with Gasteiger partial charge < -0.3 is 4.74 Å². The highest BCUT2D eigenvalue weighted by atomic mass is 35.5. The van der Waals surface area contributed by atoms with Gasteiger partial charge in [-0.25, -0.2) is 4.39 Å². The molecule has 1 aromatic carbocycles. The number of carbonyl (C=O) groups is 1. The number of ether oxygens (including phenoxy) is 1. The van der Waals surface area contributed by atoms with Crippen molar-refractivity contribution in [3.8, 4) is 0 Å². The first kappa shape index (κ1) is 11.4. The van der Waals surface area contributed by atoms with E-state index in [1.165, 1.54) is 0 Å². The molecule has 0 saturated heterocycles. The molecule has 0 spiro atoms. The highest BCUT2D eigenvalue weighted by Gasteiger charge is 2.57. The average molecular weight is 243 g/mol. The minimum absolute atomic E-state index is 0.108. The van der Waals surface area contributed by atoms with Gasteiger partial charge in [-0.2, -0.15) is 0 Å². The number of hydrogen-bond donors (Lipinski definition) is 0. The zero-order valence-electron chi connectivity index (χ0n) is 8.66. The number of alkyl halides is 2. The maximum absolute atomic E-state index is 14.2. The van der Waals surface area contributed by atoms with Crippen LogP contribution in [0.5, 0.6) is 0 Å². The molecule has 1 fully saturated rings. The van der Waals surface area contributed by atoms with E-state index < -0.39 is 11.6 Å². The first-order valence-electron chi connectivity index (χ1n) is 5.13. The first-order valence-corrected chi connectivity index (χ1v) is 5.66. The number of benzene rings is 1. The SMILES string of the molecule is O=C(CCl)OC[C@H]1C[C@@]1(F)c1ccccc1. The van der Waals surface area contributed by atoms with Crippen LogP contribution >= 0.6 is 11.6 Å². The van der Waals surface area contributed by atoms with Crippen LogP contribution in [0.3, 0.4) is 0 Å². The third kappa shape index (κ3) is 2.19. The molecule has 2 rings (SSSR count). The second-order valence-corrected chi connectivity index (χ2v) is 4.21. The van der Waals surface area contributed by atoms with Crippen LogP contribution in [0, 0.1) is 5.92 Å². The minimum Gasteiger partial charge on any atom is -0.464 e. The van der Waals surface area contributed by atoms with Gasteiger partial charge in [-0.3, -0.25) is 4.79 Å². The van der Waals surface area contributed by atoms with Crippen LogP contribution in [0.4, 0.5) is 4.39 Å². The fourth-order valence-corrected chi connectivity index (χ4v) is 1.87. The Kier molecular flexibility index (Phi) is 3.15. The largest absolute Gasteiger partial charge is 0.464 e. The zero-order valence-corrected chi connectivity index (χ0v) is 9.41. The van der Waals surface area contributed by atoms with Gasteiger partial charge in [0.2, 0.25) is 0 Å². The van der Waals surface area contributed by atoms with Gasteiger partial charge in [-0.1, -0.05) is 30.3 Å². The van der Waals surface area contributed by atoms with E-state index >= 15 is 0 Å². The molecule has 0 bridgehead atoms. The van der Waals surface area contributed by atoms with Crippen LogP contribution in [0.2, 0.25) is 0 Å². The van der Waals surface area contributed by atoms with E-state index in [1.807, 2.05) is 6.07 Å². The quantitative estimate of drug-likeness (QED) is 0.599. The monoisotopic (exact) mass is 242 g/mol. The predicted octanol–water partition coefficient (Wildman–Crippen LogP) is 2.65. The Morgan fingerprint density at radius 2 is 2.19 bits per heavy atom. The maximum atomic E-state index is 14.2. The zero-order chi connectivity index (χ0) is 11.6. The molecule has 0 N–H and O–H groups in total. The Labute approximate surface area is 98.4 Å². The van der Waals surface area contributed by atoms with Crippen molar-refractivity contribution in [2.24, 2.45) is 5.92 Å². The summed E-state index contributed by atoms with van der Waals surface area (Å²) >= 11 is 5.28. The summed E-state index contributed by atoms with van der Waals surface area (Å²) in [5, 5.41) is 0. The van der Waals surface area contributed by atoms with Crippen LogP contribution in [-0.2, 0) is 15.2 Å². The Morgan fingerprint density at radius 1 is 1.50 bits per heavy atom. The van der Waals surface area contributed by atoms with Crippen molar-refractivity contribution in [2.75, 3.05) is 12.5 Å². The van der Waals surface area contributed by atoms with Crippen LogP contribution in [0.1, 0.15) is 12.0 Å². The van der Waals surface area contributed by atoms with Crippen LogP contribution < -0.4 is 0 Å². The summed E-state index contributed by atoms with van der Waals surface area (Å²) in [4.78, 5) is 10.8. The molecular weight excluding hydrogens is 231 g/mol. The molecule has 4 heteroatoms. The van der Waals surface area contributed by atoms with Crippen LogP contribution in [0.15, 0.2) is 30.3 Å². The summed E-state index contributed by atoms with van der Waals surface area (Å²) in [6.45, 7) is 0.108. The van der Waals surface area contributed by atoms with Crippen molar-refractivity contribution in [2.45, 2.75) is 12.1 Å². The van der Waals surface area contributed by atoms with Gasteiger partial charge in [-0.05, 0) is 12.0 Å². The minimum atomic E-state index is -1.33. The lowest BCUT2D eigenvalue weighted by Crippen LogP contribution is -2.12. The van der Waals surface area contributed by atoms with E-state index in [0.29, 0.717) is 12.0 Å². The molecule has 2 nitrogen and oxygen atoms in total. The molecule has 1 saturated carbocycles. The standard InChI is InChI=1S/C12H12ClFO2/c13-7-11(15)16-8-10-6-12(10,14)9-4-2-1-3-5-9/h1-5,10H,6-8H2/t10-,12-/m1/s1. The lowest BCUT2D eigenvalue weighted by Gasteiger charge is -2.08. The number of hydrogen-bond acceptors (Lipinski definition) is 2. The maximum Gasteiger partial charge on any atom is 0.320 e. The number of halogens is 2. The molecular formula is C12H12ClFO2. The van der Waals surface area contributed by atoms with Gasteiger partial charge >= 0.3 is 5.97 Å². The molecule has 1 aliphatic carbocycles. The van der Waals surface area contributed by atoms with Gasteiger partial charge in [0.15, 0.2) is 0 Å². The van der Waals surface area contributed by atoms with E-state index in [0.717, 1.165) is 0 Å². The van der Waals surface area contributed by atoms with Crippen LogP contribution in [0.25, 0.3) is 0 Å². The normalized spacial score (nSPS) is 27.5. The molecule has 2 atom stereocenters. The van der Waals surface area contributed by atoms with Gasteiger partial charge in [0.05, 0.1) is 6.61 Å². The molecule has 0 aromatic heterocycles. The summed E-state index contributed by atoms with van der Waals surface area (Å²) in [5.74, 6) is -0.914. The topological polar surface area (TPSA) is 26.3 Å². The highest BCUT2D eigenvalue weighted by Crippen LogP contribution is 2.55. The molecule has 0 aliphatic heterocycles. The Balaban J connectivity index is 1.92. The Hall–Kier alpha value is -1.09. The van der Waals surface area contributed by atoms with Crippen LogP contribution in [-0.4, -0.2) is 18.5 Å². The number of esters is 1. The highest BCUT2D eigenvalue weighted by molar-refractivity contribution is 6.26. The van der Waals surface area contributed by atoms with E-state index in [-0.39, 0.29) is 18.4 Å². The summed E-state index contributed by atoms with van der Waals surface area (Å²) < 4.78 is 19.0. The second kappa shape index (κ2) is 4.42. The third-order valence-electron chi connectivity index (χ3n) is 2.84. The predicted molar refractivity (Wildman–Crippen MR) is 59.0 cm³/mol. The van der Waals surface area contributed by atoms with Gasteiger partial charge in [0, 0.05) is 5.92 Å². The first-order chi connectivity index (χ1) is 7.66. The third-order valence-corrected chi connectivity index (χ3v) is 3.06.